The average molecular weight is 315 g/mol. The van der Waals surface area contributed by atoms with Crippen molar-refractivity contribution in [2.45, 2.75) is 11.1 Å². The summed E-state index contributed by atoms with van der Waals surface area (Å²) in [6.07, 6.45) is 0. The number of rotatable bonds is 0. The molecule has 8 nitrogen and oxygen atoms in total. The molecule has 22 heavy (non-hydrogen) atoms. The van der Waals surface area contributed by atoms with Crippen LogP contribution in [0.5, 0.6) is 0 Å². The first kappa shape index (κ1) is 18.0. The van der Waals surface area contributed by atoms with Gasteiger partial charge < -0.3 is 43.4 Å². The lowest BCUT2D eigenvalue weighted by Crippen LogP contribution is -2.83. The molecule has 3 aliphatic heterocycles. The van der Waals surface area contributed by atoms with Crippen LogP contribution in [-0.4, -0.2) is 89.6 Å². The third-order valence-electron chi connectivity index (χ3n) is 4.37. The van der Waals surface area contributed by atoms with Gasteiger partial charge in [-0.25, -0.2) is 0 Å². The van der Waals surface area contributed by atoms with Crippen LogP contribution in [-0.2, 0) is 0 Å². The van der Waals surface area contributed by atoms with E-state index in [1.54, 1.807) is 0 Å². The first-order chi connectivity index (χ1) is 10.6. The largest absolute Gasteiger partial charge is 0.350 e. The van der Waals surface area contributed by atoms with E-state index in [2.05, 4.69) is 37.6 Å². The summed E-state index contributed by atoms with van der Waals surface area (Å²) < 4.78 is 0. The molecular formula is C14H35N8+. The van der Waals surface area contributed by atoms with Gasteiger partial charge in [-0.1, -0.05) is 0 Å². The fourth-order valence-corrected chi connectivity index (χ4v) is 2.98. The van der Waals surface area contributed by atoms with Crippen molar-refractivity contribution in [1.29, 1.82) is 0 Å². The fraction of sp³-hybridized carbons (Fsp3) is 1.00. The van der Waals surface area contributed by atoms with Crippen molar-refractivity contribution in [1.82, 2.24) is 31.9 Å². The standard InChI is InChI=1S/C14H34N8/c15-13-7-17-1-2-18-8-14(16,11-21-5-3-19-9-13)12-22-6-4-20-10-13/h17-22H,1-12,15-16H2/p+1. The number of hydrogen-bond donors (Lipinski definition) is 8. The maximum atomic E-state index is 6.56. The van der Waals surface area contributed by atoms with Crippen molar-refractivity contribution < 1.29 is 5.73 Å². The molecule has 3 heterocycles. The minimum Gasteiger partial charge on any atom is -0.350 e. The van der Waals surface area contributed by atoms with E-state index < -0.39 is 0 Å². The Morgan fingerprint density at radius 1 is 0.545 bits per heavy atom. The van der Waals surface area contributed by atoms with Crippen LogP contribution in [0.3, 0.4) is 0 Å². The van der Waals surface area contributed by atoms with E-state index in [1.807, 2.05) is 0 Å². The zero-order chi connectivity index (χ0) is 15.7. The average Bonchev–Trinajstić information content (AvgIpc) is 2.49. The quantitative estimate of drug-likeness (QED) is 0.226. The second-order valence-corrected chi connectivity index (χ2v) is 6.92. The first-order valence-electron chi connectivity index (χ1n) is 8.51. The normalized spacial score (nSPS) is 37.4. The van der Waals surface area contributed by atoms with Gasteiger partial charge >= 0.3 is 0 Å². The minimum atomic E-state index is -0.260. The summed E-state index contributed by atoms with van der Waals surface area (Å²) in [4.78, 5) is 0. The van der Waals surface area contributed by atoms with Crippen LogP contribution in [0.2, 0.25) is 0 Å². The van der Waals surface area contributed by atoms with Crippen molar-refractivity contribution in [3.05, 3.63) is 0 Å². The van der Waals surface area contributed by atoms with Gasteiger partial charge in [0, 0.05) is 58.9 Å². The van der Waals surface area contributed by atoms with Gasteiger partial charge in [0.2, 0.25) is 0 Å². The lowest BCUT2D eigenvalue weighted by atomic mass is 9.99. The molecule has 3 aliphatic rings. The summed E-state index contributed by atoms with van der Waals surface area (Å²) >= 11 is 0. The van der Waals surface area contributed by atoms with Crippen LogP contribution in [0.25, 0.3) is 0 Å². The second kappa shape index (κ2) is 9.09. The lowest BCUT2D eigenvalue weighted by molar-refractivity contribution is -0.470. The molecule has 0 spiro atoms. The maximum absolute atomic E-state index is 6.56. The van der Waals surface area contributed by atoms with Crippen LogP contribution in [0.4, 0.5) is 0 Å². The highest BCUT2D eigenvalue weighted by molar-refractivity contribution is 4.92. The summed E-state index contributed by atoms with van der Waals surface area (Å²) in [6.45, 7) is 10.7. The number of fused-ring (bicyclic) bond motifs is 15. The van der Waals surface area contributed by atoms with E-state index in [1.165, 1.54) is 0 Å². The van der Waals surface area contributed by atoms with E-state index in [4.69, 9.17) is 5.73 Å². The number of nitrogens with one attached hydrogen (secondary N) is 6. The van der Waals surface area contributed by atoms with Gasteiger partial charge in [0.05, 0.1) is 25.2 Å². The molecule has 3 rings (SSSR count). The van der Waals surface area contributed by atoms with Gasteiger partial charge in [0.1, 0.15) is 5.54 Å². The zero-order valence-electron chi connectivity index (χ0n) is 13.8. The van der Waals surface area contributed by atoms with Crippen LogP contribution >= 0.6 is 0 Å². The molecule has 3 fully saturated rings. The first-order valence-corrected chi connectivity index (χ1v) is 8.51. The smallest absolute Gasteiger partial charge is 0.132 e. The second-order valence-electron chi connectivity index (χ2n) is 6.92. The summed E-state index contributed by atoms with van der Waals surface area (Å²) in [5, 5.41) is 21.0. The van der Waals surface area contributed by atoms with Crippen molar-refractivity contribution in [2.24, 2.45) is 5.73 Å². The molecule has 0 aromatic carbocycles. The summed E-state index contributed by atoms with van der Waals surface area (Å²) in [5.41, 5.74) is 10.7. The third kappa shape index (κ3) is 6.43. The topological polar surface area (TPSA) is 126 Å². The summed E-state index contributed by atoms with van der Waals surface area (Å²) in [7, 11) is 0. The van der Waals surface area contributed by atoms with Crippen molar-refractivity contribution in [3.8, 4) is 0 Å². The molecule has 0 saturated carbocycles. The minimum absolute atomic E-state index is 0.0220. The summed E-state index contributed by atoms with van der Waals surface area (Å²) in [6, 6.07) is 0. The van der Waals surface area contributed by atoms with Gasteiger partial charge in [-0.05, 0) is 0 Å². The number of quaternary nitrogens is 1. The molecule has 8 heteroatoms. The Morgan fingerprint density at radius 2 is 0.818 bits per heavy atom. The van der Waals surface area contributed by atoms with E-state index in [-0.39, 0.29) is 11.1 Å². The van der Waals surface area contributed by atoms with Gasteiger partial charge in [-0.2, -0.15) is 0 Å². The van der Waals surface area contributed by atoms with Gasteiger partial charge in [-0.3, -0.25) is 0 Å². The lowest BCUT2D eigenvalue weighted by Gasteiger charge is -2.33. The molecule has 0 atom stereocenters. The highest BCUT2D eigenvalue weighted by Gasteiger charge is 2.29. The molecule has 0 aromatic heterocycles. The van der Waals surface area contributed by atoms with E-state index in [0.717, 1.165) is 78.5 Å². The highest BCUT2D eigenvalue weighted by atomic mass is 15.1. The van der Waals surface area contributed by atoms with Crippen LogP contribution in [0.1, 0.15) is 0 Å². The Kier molecular flexibility index (Phi) is 7.45. The monoisotopic (exact) mass is 315 g/mol. The van der Waals surface area contributed by atoms with Crippen LogP contribution in [0, 0.1) is 0 Å². The van der Waals surface area contributed by atoms with Crippen molar-refractivity contribution in [2.75, 3.05) is 78.5 Å². The van der Waals surface area contributed by atoms with Crippen molar-refractivity contribution >= 4 is 0 Å². The van der Waals surface area contributed by atoms with Gasteiger partial charge in [-0.15, -0.1) is 0 Å². The highest BCUT2D eigenvalue weighted by Crippen LogP contribution is 1.98. The molecule has 0 aliphatic carbocycles. The SMILES string of the molecule is NC12CNCCNCC([NH3+])(CNCCNC1)CNCCNC2. The van der Waals surface area contributed by atoms with E-state index in [9.17, 15) is 0 Å². The van der Waals surface area contributed by atoms with Gasteiger partial charge in [0.25, 0.3) is 0 Å². The van der Waals surface area contributed by atoms with Crippen LogP contribution in [0.15, 0.2) is 0 Å². The molecule has 0 radical (unpaired) electrons. The number of hydrogen-bond acceptors (Lipinski definition) is 7. The van der Waals surface area contributed by atoms with E-state index in [0.29, 0.717) is 0 Å². The Morgan fingerprint density at radius 3 is 1.14 bits per heavy atom. The predicted molar refractivity (Wildman–Crippen MR) is 89.8 cm³/mol. The summed E-state index contributed by atoms with van der Waals surface area (Å²) in [5.74, 6) is 0. The zero-order valence-corrected chi connectivity index (χ0v) is 13.8. The molecule has 2 bridgehead atoms. The fourth-order valence-electron chi connectivity index (χ4n) is 2.98. The molecular weight excluding hydrogens is 280 g/mol. The Bertz CT molecular complexity index is 238. The van der Waals surface area contributed by atoms with Crippen molar-refractivity contribution in [3.63, 3.8) is 0 Å². The predicted octanol–water partition coefficient (Wildman–Crippen LogP) is -4.77. The molecule has 0 aromatic rings. The molecule has 3 saturated heterocycles. The maximum Gasteiger partial charge on any atom is 0.132 e. The van der Waals surface area contributed by atoms with Crippen LogP contribution < -0.4 is 43.4 Å². The van der Waals surface area contributed by atoms with E-state index >= 15 is 0 Å². The Labute approximate surface area is 133 Å². The number of nitrogens with two attached hydrogens (primary N) is 1. The third-order valence-corrected chi connectivity index (χ3v) is 4.37. The van der Waals surface area contributed by atoms with Gasteiger partial charge in [0.15, 0.2) is 0 Å². The molecule has 130 valence electrons. The molecule has 11 N–H and O–H groups in total. The molecule has 0 amide bonds. The Hall–Kier alpha value is -0.320. The Balaban J connectivity index is 2.03. The molecule has 0 unspecified atom stereocenters.